The third-order valence-corrected chi connectivity index (χ3v) is 6.05. The summed E-state index contributed by atoms with van der Waals surface area (Å²) in [6.07, 6.45) is 5.31. The van der Waals surface area contributed by atoms with Gasteiger partial charge in [-0.05, 0) is 35.9 Å². The Morgan fingerprint density at radius 3 is 2.53 bits per heavy atom. The first-order valence-electron chi connectivity index (χ1n) is 11.4. The minimum atomic E-state index is -0.662. The molecule has 0 saturated carbocycles. The zero-order valence-corrected chi connectivity index (χ0v) is 19.5. The first-order chi connectivity index (χ1) is 17.6. The van der Waals surface area contributed by atoms with Gasteiger partial charge in [-0.2, -0.15) is 5.10 Å². The number of benzene rings is 2. The fourth-order valence-corrected chi connectivity index (χ4v) is 3.91. The highest BCUT2D eigenvalue weighted by atomic mass is 16.3. The Kier molecular flexibility index (Phi) is 6.44. The average molecular weight is 484 g/mol. The van der Waals surface area contributed by atoms with Crippen molar-refractivity contribution < 1.29 is 15.0 Å². The van der Waals surface area contributed by atoms with Gasteiger partial charge in [-0.1, -0.05) is 24.3 Å². The normalized spacial score (nSPS) is 11.2. The summed E-state index contributed by atoms with van der Waals surface area (Å²) in [5, 5.41) is 29.7. The van der Waals surface area contributed by atoms with Crippen molar-refractivity contribution in [2.75, 3.05) is 25.6 Å². The van der Waals surface area contributed by atoms with Crippen LogP contribution in [-0.4, -0.2) is 72.5 Å². The Hall–Kier alpha value is -4.54. The van der Waals surface area contributed by atoms with Crippen LogP contribution in [-0.2, 0) is 0 Å². The Bertz CT molecular complexity index is 1480. The van der Waals surface area contributed by atoms with Crippen molar-refractivity contribution in [1.82, 2.24) is 30.0 Å². The number of H-pyrrole nitrogens is 2. The SMILES string of the molecule is CN(C(=O)c1cc2ccc(-c3nccc(Nc4ccc(-c5cn[nH]c5)cc4)n3)cc2[nH]1)C(CO)CO. The molecule has 0 aliphatic carbocycles. The number of aliphatic hydroxyl groups excluding tert-OH is 2. The molecule has 2 aromatic carbocycles. The van der Waals surface area contributed by atoms with E-state index < -0.39 is 6.04 Å². The van der Waals surface area contributed by atoms with E-state index >= 15 is 0 Å². The monoisotopic (exact) mass is 483 g/mol. The Morgan fingerprint density at radius 2 is 1.81 bits per heavy atom. The van der Waals surface area contributed by atoms with Gasteiger partial charge >= 0.3 is 0 Å². The average Bonchev–Trinajstić information content (AvgIpc) is 3.59. The van der Waals surface area contributed by atoms with Crippen molar-refractivity contribution in [1.29, 1.82) is 0 Å². The summed E-state index contributed by atoms with van der Waals surface area (Å²) in [5.74, 6) is 0.874. The van der Waals surface area contributed by atoms with Crippen LogP contribution in [0, 0.1) is 0 Å². The summed E-state index contributed by atoms with van der Waals surface area (Å²) >= 11 is 0. The van der Waals surface area contributed by atoms with Gasteiger partial charge < -0.3 is 25.4 Å². The van der Waals surface area contributed by atoms with Gasteiger partial charge in [0.05, 0.1) is 25.5 Å². The van der Waals surface area contributed by atoms with Crippen LogP contribution in [0.15, 0.2) is 73.2 Å². The number of aromatic nitrogens is 5. The fraction of sp³-hybridized carbons (Fsp3) is 0.154. The van der Waals surface area contributed by atoms with Crippen LogP contribution in [0.2, 0.25) is 0 Å². The van der Waals surface area contributed by atoms with Gasteiger partial charge in [0, 0.05) is 47.2 Å². The first-order valence-corrected chi connectivity index (χ1v) is 11.4. The van der Waals surface area contributed by atoms with E-state index in [0.717, 1.165) is 33.3 Å². The van der Waals surface area contributed by atoms with Crippen LogP contribution in [0.25, 0.3) is 33.4 Å². The number of carbonyl (C=O) groups is 1. The van der Waals surface area contributed by atoms with Crippen molar-refractivity contribution >= 4 is 28.3 Å². The van der Waals surface area contributed by atoms with Gasteiger partial charge in [-0.25, -0.2) is 9.97 Å². The number of fused-ring (bicyclic) bond motifs is 1. The summed E-state index contributed by atoms with van der Waals surface area (Å²) in [7, 11) is 1.55. The molecule has 10 nitrogen and oxygen atoms in total. The molecular weight excluding hydrogens is 458 g/mol. The number of hydrogen-bond donors (Lipinski definition) is 5. The van der Waals surface area contributed by atoms with E-state index in [-0.39, 0.29) is 19.1 Å². The summed E-state index contributed by atoms with van der Waals surface area (Å²) in [6.45, 7) is -0.640. The third-order valence-electron chi connectivity index (χ3n) is 6.05. The van der Waals surface area contributed by atoms with E-state index in [0.29, 0.717) is 17.3 Å². The second kappa shape index (κ2) is 9.98. The highest BCUT2D eigenvalue weighted by molar-refractivity contribution is 5.98. The van der Waals surface area contributed by atoms with Crippen LogP contribution in [0.1, 0.15) is 10.5 Å². The molecule has 5 rings (SSSR count). The van der Waals surface area contributed by atoms with Crippen LogP contribution < -0.4 is 5.32 Å². The number of likely N-dealkylation sites (N-methyl/N-ethyl adjacent to an activating group) is 1. The van der Waals surface area contributed by atoms with E-state index in [1.165, 1.54) is 4.90 Å². The van der Waals surface area contributed by atoms with Gasteiger partial charge in [0.2, 0.25) is 0 Å². The second-order valence-electron chi connectivity index (χ2n) is 8.37. The highest BCUT2D eigenvalue weighted by Crippen LogP contribution is 2.26. The lowest BCUT2D eigenvalue weighted by Crippen LogP contribution is -2.41. The molecule has 3 aromatic heterocycles. The molecule has 0 aliphatic heterocycles. The molecule has 0 aliphatic rings. The number of nitrogens with zero attached hydrogens (tertiary/aromatic N) is 4. The summed E-state index contributed by atoms with van der Waals surface area (Å²) < 4.78 is 0. The molecule has 0 atom stereocenters. The van der Waals surface area contributed by atoms with Crippen molar-refractivity contribution in [2.24, 2.45) is 0 Å². The summed E-state index contributed by atoms with van der Waals surface area (Å²) in [4.78, 5) is 26.3. The summed E-state index contributed by atoms with van der Waals surface area (Å²) in [6, 6.07) is 16.5. The van der Waals surface area contributed by atoms with Gasteiger partial charge in [-0.15, -0.1) is 0 Å². The molecule has 36 heavy (non-hydrogen) atoms. The van der Waals surface area contributed by atoms with Gasteiger partial charge in [-0.3, -0.25) is 9.89 Å². The van der Waals surface area contributed by atoms with E-state index in [1.807, 2.05) is 48.7 Å². The molecule has 0 unspecified atom stereocenters. The Balaban J connectivity index is 1.35. The van der Waals surface area contributed by atoms with Crippen LogP contribution in [0.5, 0.6) is 0 Å². The number of aliphatic hydroxyl groups is 2. The topological polar surface area (TPSA) is 143 Å². The van der Waals surface area contributed by atoms with Crippen molar-refractivity contribution in [3.8, 4) is 22.5 Å². The van der Waals surface area contributed by atoms with Crippen LogP contribution in [0.3, 0.4) is 0 Å². The molecule has 182 valence electrons. The molecule has 10 heteroatoms. The predicted molar refractivity (Wildman–Crippen MR) is 137 cm³/mol. The maximum absolute atomic E-state index is 12.8. The number of anilines is 2. The lowest BCUT2D eigenvalue weighted by Gasteiger charge is -2.24. The maximum atomic E-state index is 12.8. The number of carbonyl (C=O) groups excluding carboxylic acids is 1. The van der Waals surface area contributed by atoms with Crippen molar-refractivity contribution in [3.63, 3.8) is 0 Å². The number of aromatic amines is 2. The minimum Gasteiger partial charge on any atom is -0.394 e. The Labute approximate surface area is 206 Å². The van der Waals surface area contributed by atoms with Gasteiger partial charge in [0.15, 0.2) is 5.82 Å². The third kappa shape index (κ3) is 4.67. The van der Waals surface area contributed by atoms with E-state index in [4.69, 9.17) is 0 Å². The van der Waals surface area contributed by atoms with Crippen molar-refractivity contribution in [2.45, 2.75) is 6.04 Å². The van der Waals surface area contributed by atoms with Gasteiger partial charge in [0.25, 0.3) is 5.91 Å². The van der Waals surface area contributed by atoms with Crippen molar-refractivity contribution in [3.05, 3.63) is 78.9 Å². The smallest absolute Gasteiger partial charge is 0.270 e. The summed E-state index contributed by atoms with van der Waals surface area (Å²) in [5.41, 5.74) is 4.88. The molecule has 0 saturated heterocycles. The quantitative estimate of drug-likeness (QED) is 0.228. The maximum Gasteiger partial charge on any atom is 0.270 e. The molecule has 1 amide bonds. The second-order valence-corrected chi connectivity index (χ2v) is 8.37. The molecule has 0 bridgehead atoms. The highest BCUT2D eigenvalue weighted by Gasteiger charge is 2.21. The Morgan fingerprint density at radius 1 is 1.03 bits per heavy atom. The molecule has 5 aromatic rings. The van der Waals surface area contributed by atoms with Gasteiger partial charge in [0.1, 0.15) is 11.5 Å². The van der Waals surface area contributed by atoms with E-state index in [9.17, 15) is 15.0 Å². The molecule has 5 N–H and O–H groups in total. The van der Waals surface area contributed by atoms with Crippen LogP contribution >= 0.6 is 0 Å². The minimum absolute atomic E-state index is 0.318. The first kappa shape index (κ1) is 23.2. The number of nitrogens with one attached hydrogen (secondary N) is 3. The number of amides is 1. The number of rotatable bonds is 8. The standard InChI is InChI=1S/C26H25N7O3/c1-33(21(14-34)15-35)26(36)23-10-17-2-3-18(11-22(17)31-23)25-27-9-8-24(32-25)30-20-6-4-16(5-7-20)19-12-28-29-13-19/h2-13,21,31,34-35H,14-15H2,1H3,(H,28,29)(H,27,30,32). The largest absolute Gasteiger partial charge is 0.394 e. The molecular formula is C26H25N7O3. The van der Waals surface area contributed by atoms with E-state index in [1.54, 1.807) is 31.6 Å². The van der Waals surface area contributed by atoms with Crippen LogP contribution in [0.4, 0.5) is 11.5 Å². The number of hydrogen-bond acceptors (Lipinski definition) is 7. The zero-order chi connectivity index (χ0) is 25.1. The lowest BCUT2D eigenvalue weighted by molar-refractivity contribution is 0.0540. The fourth-order valence-electron chi connectivity index (χ4n) is 3.91. The molecule has 3 heterocycles. The predicted octanol–water partition coefficient (Wildman–Crippen LogP) is 3.18. The molecule has 0 radical (unpaired) electrons. The molecule has 0 spiro atoms. The lowest BCUT2D eigenvalue weighted by atomic mass is 10.1. The molecule has 0 fully saturated rings. The van der Waals surface area contributed by atoms with E-state index in [2.05, 4.69) is 30.5 Å². The zero-order valence-electron chi connectivity index (χ0n) is 19.5.